The highest BCUT2D eigenvalue weighted by Gasteiger charge is 2.54. The lowest BCUT2D eigenvalue weighted by Gasteiger charge is -2.50. The Kier molecular flexibility index (Phi) is 1.29. The molecule has 0 aromatic heterocycles. The summed E-state index contributed by atoms with van der Waals surface area (Å²) in [5.41, 5.74) is 6.29. The van der Waals surface area contributed by atoms with Gasteiger partial charge in [-0.2, -0.15) is 0 Å². The molecule has 2 N–H and O–H groups in total. The van der Waals surface area contributed by atoms with Crippen molar-refractivity contribution in [1.82, 2.24) is 4.90 Å². The maximum absolute atomic E-state index is 5.93. The van der Waals surface area contributed by atoms with Gasteiger partial charge in [0.15, 0.2) is 5.96 Å². The van der Waals surface area contributed by atoms with E-state index in [9.17, 15) is 0 Å². The van der Waals surface area contributed by atoms with Gasteiger partial charge in [0.25, 0.3) is 0 Å². The van der Waals surface area contributed by atoms with E-state index in [1.165, 1.54) is 25.7 Å². The van der Waals surface area contributed by atoms with Crippen LogP contribution in [0, 0.1) is 5.92 Å². The Morgan fingerprint density at radius 1 is 1.46 bits per heavy atom. The van der Waals surface area contributed by atoms with Crippen LogP contribution in [-0.2, 0) is 0 Å². The molecule has 3 rings (SSSR count). The molecule has 3 aliphatic rings. The first-order valence-electron chi connectivity index (χ1n) is 5.30. The minimum atomic E-state index is 0.366. The van der Waals surface area contributed by atoms with Gasteiger partial charge in [-0.15, -0.1) is 0 Å². The standard InChI is InChI=1S/C10H17N3/c1-7-4-10(5-7)6-12-9(11)13(10)8-2-3-8/h7-8H,2-6H2,1H3,(H2,11,12). The molecular formula is C10H17N3. The van der Waals surface area contributed by atoms with Crippen LogP contribution in [0.3, 0.4) is 0 Å². The van der Waals surface area contributed by atoms with Crippen LogP contribution in [0.4, 0.5) is 0 Å². The Balaban J connectivity index is 1.83. The number of hydrogen-bond acceptors (Lipinski definition) is 3. The Morgan fingerprint density at radius 3 is 2.69 bits per heavy atom. The summed E-state index contributed by atoms with van der Waals surface area (Å²) in [5, 5.41) is 0. The van der Waals surface area contributed by atoms with E-state index in [2.05, 4.69) is 16.8 Å². The molecule has 0 bridgehead atoms. The molecule has 3 heteroatoms. The van der Waals surface area contributed by atoms with Gasteiger partial charge in [-0.05, 0) is 31.6 Å². The molecule has 0 aromatic carbocycles. The van der Waals surface area contributed by atoms with Crippen LogP contribution >= 0.6 is 0 Å². The molecule has 2 aliphatic carbocycles. The minimum absolute atomic E-state index is 0.366. The van der Waals surface area contributed by atoms with E-state index in [4.69, 9.17) is 5.73 Å². The van der Waals surface area contributed by atoms with Crippen molar-refractivity contribution in [2.75, 3.05) is 6.54 Å². The van der Waals surface area contributed by atoms with Crippen molar-refractivity contribution >= 4 is 5.96 Å². The quantitative estimate of drug-likeness (QED) is 0.651. The van der Waals surface area contributed by atoms with Crippen LogP contribution in [0.5, 0.6) is 0 Å². The maximum atomic E-state index is 5.93. The average Bonchev–Trinajstić information content (AvgIpc) is 2.78. The van der Waals surface area contributed by atoms with Gasteiger partial charge in [-0.1, -0.05) is 6.92 Å². The number of aliphatic imine (C=N–C) groups is 1. The third-order valence-electron chi connectivity index (χ3n) is 3.66. The molecule has 3 nitrogen and oxygen atoms in total. The molecule has 1 spiro atoms. The molecule has 1 heterocycles. The monoisotopic (exact) mass is 179 g/mol. The highest BCUT2D eigenvalue weighted by molar-refractivity contribution is 5.82. The Morgan fingerprint density at radius 2 is 2.15 bits per heavy atom. The molecule has 2 saturated carbocycles. The molecule has 2 fully saturated rings. The first-order chi connectivity index (χ1) is 6.21. The number of rotatable bonds is 1. The molecule has 0 atom stereocenters. The Labute approximate surface area is 79.0 Å². The number of guanidine groups is 1. The average molecular weight is 179 g/mol. The topological polar surface area (TPSA) is 41.6 Å². The van der Waals surface area contributed by atoms with Crippen molar-refractivity contribution in [2.24, 2.45) is 16.6 Å². The minimum Gasteiger partial charge on any atom is -0.370 e. The first kappa shape index (κ1) is 7.65. The Bertz CT molecular complexity index is 261. The van der Waals surface area contributed by atoms with Crippen LogP contribution in [0.1, 0.15) is 32.6 Å². The molecule has 0 amide bonds. The third kappa shape index (κ3) is 0.930. The van der Waals surface area contributed by atoms with Crippen molar-refractivity contribution < 1.29 is 0 Å². The highest BCUT2D eigenvalue weighted by Crippen LogP contribution is 2.48. The second-order valence-corrected chi connectivity index (χ2v) is 5.01. The second kappa shape index (κ2) is 2.20. The van der Waals surface area contributed by atoms with Gasteiger partial charge < -0.3 is 10.6 Å². The SMILES string of the molecule is CC1CC2(CN=C(N)N2C2CC2)C1. The lowest BCUT2D eigenvalue weighted by molar-refractivity contribution is 0.0460. The van der Waals surface area contributed by atoms with Crippen molar-refractivity contribution in [2.45, 2.75) is 44.2 Å². The van der Waals surface area contributed by atoms with Crippen molar-refractivity contribution in [1.29, 1.82) is 0 Å². The summed E-state index contributed by atoms with van der Waals surface area (Å²) in [6.45, 7) is 3.28. The maximum Gasteiger partial charge on any atom is 0.192 e. The van der Waals surface area contributed by atoms with Crippen LogP contribution in [-0.4, -0.2) is 29.0 Å². The molecule has 1 aliphatic heterocycles. The van der Waals surface area contributed by atoms with Crippen LogP contribution in [0.25, 0.3) is 0 Å². The van der Waals surface area contributed by atoms with Crippen molar-refractivity contribution in [3.05, 3.63) is 0 Å². The number of hydrogen-bond donors (Lipinski definition) is 1. The summed E-state index contributed by atoms with van der Waals surface area (Å²) in [5.74, 6) is 1.69. The number of nitrogens with two attached hydrogens (primary N) is 1. The van der Waals surface area contributed by atoms with Crippen molar-refractivity contribution in [3.8, 4) is 0 Å². The van der Waals surface area contributed by atoms with Crippen molar-refractivity contribution in [3.63, 3.8) is 0 Å². The predicted octanol–water partition coefficient (Wildman–Crippen LogP) is 0.948. The molecule has 13 heavy (non-hydrogen) atoms. The molecule has 0 aromatic rings. The van der Waals surface area contributed by atoms with E-state index in [1.807, 2.05) is 0 Å². The molecule has 0 unspecified atom stereocenters. The van der Waals surface area contributed by atoms with E-state index >= 15 is 0 Å². The van der Waals surface area contributed by atoms with E-state index in [1.54, 1.807) is 0 Å². The van der Waals surface area contributed by atoms with E-state index in [0.717, 1.165) is 24.5 Å². The summed E-state index contributed by atoms with van der Waals surface area (Å²) in [6, 6.07) is 0.735. The van der Waals surface area contributed by atoms with Gasteiger partial charge >= 0.3 is 0 Å². The van der Waals surface area contributed by atoms with Crippen LogP contribution < -0.4 is 5.73 Å². The fraction of sp³-hybridized carbons (Fsp3) is 0.900. The van der Waals surface area contributed by atoms with Gasteiger partial charge in [0.1, 0.15) is 0 Å². The predicted molar refractivity (Wildman–Crippen MR) is 52.5 cm³/mol. The molecule has 0 radical (unpaired) electrons. The largest absolute Gasteiger partial charge is 0.370 e. The van der Waals surface area contributed by atoms with E-state index in [0.29, 0.717) is 5.54 Å². The summed E-state index contributed by atoms with van der Waals surface area (Å²) in [4.78, 5) is 6.83. The lowest BCUT2D eigenvalue weighted by atomic mass is 9.68. The molecule has 0 saturated heterocycles. The van der Waals surface area contributed by atoms with Gasteiger partial charge in [-0.3, -0.25) is 4.99 Å². The summed E-state index contributed by atoms with van der Waals surface area (Å²) in [7, 11) is 0. The van der Waals surface area contributed by atoms with Gasteiger partial charge in [0.2, 0.25) is 0 Å². The summed E-state index contributed by atoms with van der Waals surface area (Å²) in [6.07, 6.45) is 5.25. The number of nitrogens with zero attached hydrogens (tertiary/aromatic N) is 2. The van der Waals surface area contributed by atoms with Gasteiger partial charge in [0.05, 0.1) is 12.1 Å². The zero-order valence-electron chi connectivity index (χ0n) is 8.16. The summed E-state index contributed by atoms with van der Waals surface area (Å²) >= 11 is 0. The normalized spacial score (nSPS) is 43.6. The first-order valence-corrected chi connectivity index (χ1v) is 5.30. The fourth-order valence-electron chi connectivity index (χ4n) is 3.09. The molecular weight excluding hydrogens is 162 g/mol. The zero-order valence-corrected chi connectivity index (χ0v) is 8.16. The highest BCUT2D eigenvalue weighted by atomic mass is 15.4. The smallest absolute Gasteiger partial charge is 0.192 e. The Hall–Kier alpha value is -0.730. The van der Waals surface area contributed by atoms with Crippen LogP contribution in [0.15, 0.2) is 4.99 Å². The summed E-state index contributed by atoms with van der Waals surface area (Å²) < 4.78 is 0. The fourth-order valence-corrected chi connectivity index (χ4v) is 3.09. The lowest BCUT2D eigenvalue weighted by Crippen LogP contribution is -2.59. The third-order valence-corrected chi connectivity index (χ3v) is 3.66. The van der Waals surface area contributed by atoms with Crippen LogP contribution in [0.2, 0.25) is 0 Å². The molecule has 72 valence electrons. The van der Waals surface area contributed by atoms with E-state index < -0.39 is 0 Å². The van der Waals surface area contributed by atoms with Gasteiger partial charge in [0, 0.05) is 6.04 Å². The van der Waals surface area contributed by atoms with Gasteiger partial charge in [-0.25, -0.2) is 0 Å². The zero-order chi connectivity index (χ0) is 9.05. The second-order valence-electron chi connectivity index (χ2n) is 5.01. The van der Waals surface area contributed by atoms with E-state index in [-0.39, 0.29) is 0 Å².